The van der Waals surface area contributed by atoms with Crippen LogP contribution in [-0.2, 0) is 11.3 Å². The first-order valence-electron chi connectivity index (χ1n) is 6.87. The van der Waals surface area contributed by atoms with Crippen molar-refractivity contribution in [3.05, 3.63) is 41.3 Å². The van der Waals surface area contributed by atoms with Gasteiger partial charge in [-0.1, -0.05) is 30.3 Å². The highest BCUT2D eigenvalue weighted by atomic mass is 32.1. The third kappa shape index (κ3) is 2.99. The van der Waals surface area contributed by atoms with Gasteiger partial charge in [0.2, 0.25) is 5.91 Å². The van der Waals surface area contributed by atoms with Gasteiger partial charge in [-0.3, -0.25) is 4.79 Å². The number of aromatic amines is 1. The Bertz CT molecular complexity index is 655. The van der Waals surface area contributed by atoms with Crippen molar-refractivity contribution >= 4 is 18.1 Å². The van der Waals surface area contributed by atoms with Gasteiger partial charge in [0, 0.05) is 25.2 Å². The average molecular weight is 287 g/mol. The lowest BCUT2D eigenvalue weighted by Crippen LogP contribution is -2.26. The number of carbonyl (C=O) groups is 1. The smallest absolute Gasteiger partial charge is 0.222 e. The lowest BCUT2D eigenvalue weighted by atomic mass is 10.2. The predicted octanol–water partition coefficient (Wildman–Crippen LogP) is 2.88. The first-order valence-corrected chi connectivity index (χ1v) is 7.28. The molecular weight excluding hydrogens is 270 g/mol. The lowest BCUT2D eigenvalue weighted by Gasteiger charge is -2.08. The van der Waals surface area contributed by atoms with Gasteiger partial charge in [0.05, 0.1) is 5.69 Å². The zero-order valence-corrected chi connectivity index (χ0v) is 12.0. The average Bonchev–Trinajstić information content (AvgIpc) is 3.19. The molecule has 0 radical (unpaired) electrons. The maximum absolute atomic E-state index is 11.8. The van der Waals surface area contributed by atoms with E-state index in [1.165, 1.54) is 0 Å². The second kappa shape index (κ2) is 5.63. The molecule has 1 aliphatic rings. The van der Waals surface area contributed by atoms with Crippen LogP contribution in [-0.4, -0.2) is 21.5 Å². The Morgan fingerprint density at radius 3 is 2.80 bits per heavy atom. The van der Waals surface area contributed by atoms with E-state index in [1.54, 1.807) is 0 Å². The van der Waals surface area contributed by atoms with Crippen molar-refractivity contribution in [3.63, 3.8) is 0 Å². The molecule has 1 aromatic heterocycles. The second-order valence-electron chi connectivity index (χ2n) is 5.09. The summed E-state index contributed by atoms with van der Waals surface area (Å²) in [5.74, 6) is 0.106. The van der Waals surface area contributed by atoms with Gasteiger partial charge in [-0.15, -0.1) is 0 Å². The molecule has 1 aliphatic carbocycles. The SMILES string of the molecule is O=C(CCn1c(-c2ccccc2)c[nH]c1=S)NC1CC1. The van der Waals surface area contributed by atoms with Crippen LogP contribution in [0, 0.1) is 4.77 Å². The van der Waals surface area contributed by atoms with E-state index in [-0.39, 0.29) is 5.91 Å². The molecule has 5 heteroatoms. The number of imidazole rings is 1. The Balaban J connectivity index is 1.74. The molecule has 1 heterocycles. The van der Waals surface area contributed by atoms with Crippen LogP contribution >= 0.6 is 12.2 Å². The van der Waals surface area contributed by atoms with Crippen LogP contribution < -0.4 is 5.32 Å². The van der Waals surface area contributed by atoms with E-state index in [4.69, 9.17) is 12.2 Å². The lowest BCUT2D eigenvalue weighted by molar-refractivity contribution is -0.121. The van der Waals surface area contributed by atoms with Gasteiger partial charge in [0.15, 0.2) is 4.77 Å². The minimum Gasteiger partial charge on any atom is -0.353 e. The number of carbonyl (C=O) groups excluding carboxylic acids is 1. The van der Waals surface area contributed by atoms with Crippen LogP contribution in [0.25, 0.3) is 11.3 Å². The van der Waals surface area contributed by atoms with Crippen LogP contribution in [0.1, 0.15) is 19.3 Å². The molecule has 1 saturated carbocycles. The number of hydrogen-bond donors (Lipinski definition) is 2. The monoisotopic (exact) mass is 287 g/mol. The van der Waals surface area contributed by atoms with Crippen molar-refractivity contribution in [1.82, 2.24) is 14.9 Å². The van der Waals surface area contributed by atoms with Gasteiger partial charge in [-0.2, -0.15) is 0 Å². The van der Waals surface area contributed by atoms with Gasteiger partial charge in [0.25, 0.3) is 0 Å². The third-order valence-electron chi connectivity index (χ3n) is 3.44. The molecular formula is C15H17N3OS. The van der Waals surface area contributed by atoms with Crippen LogP contribution in [0.3, 0.4) is 0 Å². The highest BCUT2D eigenvalue weighted by Crippen LogP contribution is 2.20. The second-order valence-corrected chi connectivity index (χ2v) is 5.48. The van der Waals surface area contributed by atoms with E-state index in [0.717, 1.165) is 24.1 Å². The van der Waals surface area contributed by atoms with E-state index >= 15 is 0 Å². The molecule has 0 unspecified atom stereocenters. The largest absolute Gasteiger partial charge is 0.353 e. The highest BCUT2D eigenvalue weighted by Gasteiger charge is 2.23. The topological polar surface area (TPSA) is 49.8 Å². The molecule has 2 aromatic rings. The molecule has 0 atom stereocenters. The van der Waals surface area contributed by atoms with Crippen LogP contribution in [0.2, 0.25) is 0 Å². The summed E-state index contributed by atoms with van der Waals surface area (Å²) in [5, 5.41) is 3.00. The molecule has 2 N–H and O–H groups in total. The number of nitrogens with one attached hydrogen (secondary N) is 2. The Morgan fingerprint density at radius 1 is 1.35 bits per heavy atom. The minimum absolute atomic E-state index is 0.106. The maximum Gasteiger partial charge on any atom is 0.222 e. The molecule has 4 nitrogen and oxygen atoms in total. The Hall–Kier alpha value is -1.88. The summed E-state index contributed by atoms with van der Waals surface area (Å²) in [6, 6.07) is 10.5. The van der Waals surface area contributed by atoms with Crippen molar-refractivity contribution in [2.24, 2.45) is 0 Å². The summed E-state index contributed by atoms with van der Waals surface area (Å²) in [6.07, 6.45) is 4.59. The molecule has 0 bridgehead atoms. The molecule has 20 heavy (non-hydrogen) atoms. The normalized spacial score (nSPS) is 14.2. The first-order chi connectivity index (χ1) is 9.74. The number of rotatable bonds is 5. The van der Waals surface area contributed by atoms with Gasteiger partial charge < -0.3 is 14.9 Å². The van der Waals surface area contributed by atoms with Gasteiger partial charge in [-0.25, -0.2) is 0 Å². The fraction of sp³-hybridized carbons (Fsp3) is 0.333. The highest BCUT2D eigenvalue weighted by molar-refractivity contribution is 7.71. The fourth-order valence-electron chi connectivity index (χ4n) is 2.21. The molecule has 104 valence electrons. The van der Waals surface area contributed by atoms with Crippen LogP contribution in [0.4, 0.5) is 0 Å². The van der Waals surface area contributed by atoms with Gasteiger partial charge >= 0.3 is 0 Å². The molecule has 3 rings (SSSR count). The zero-order chi connectivity index (χ0) is 13.9. The van der Waals surface area contributed by atoms with E-state index in [9.17, 15) is 4.79 Å². The van der Waals surface area contributed by atoms with E-state index < -0.39 is 0 Å². The zero-order valence-electron chi connectivity index (χ0n) is 11.1. The first kappa shape index (κ1) is 13.1. The summed E-state index contributed by atoms with van der Waals surface area (Å²) >= 11 is 5.30. The standard InChI is InChI=1S/C15H17N3OS/c19-14(17-12-6-7-12)8-9-18-13(10-16-15(18)20)11-4-2-1-3-5-11/h1-5,10,12H,6-9H2,(H,16,20)(H,17,19). The third-order valence-corrected chi connectivity index (χ3v) is 3.78. The minimum atomic E-state index is 0.106. The van der Waals surface area contributed by atoms with Crippen molar-refractivity contribution in [3.8, 4) is 11.3 Å². The summed E-state index contributed by atoms with van der Waals surface area (Å²) in [4.78, 5) is 14.8. The number of nitrogens with zero attached hydrogens (tertiary/aromatic N) is 1. The number of aromatic nitrogens is 2. The summed E-state index contributed by atoms with van der Waals surface area (Å²) in [7, 11) is 0. The molecule has 1 fully saturated rings. The fourth-order valence-corrected chi connectivity index (χ4v) is 2.45. The summed E-state index contributed by atoms with van der Waals surface area (Å²) < 4.78 is 2.64. The molecule has 1 aromatic carbocycles. The molecule has 0 saturated heterocycles. The number of hydrogen-bond acceptors (Lipinski definition) is 2. The van der Waals surface area contributed by atoms with Gasteiger partial charge in [0.1, 0.15) is 0 Å². The van der Waals surface area contributed by atoms with Crippen LogP contribution in [0.15, 0.2) is 36.5 Å². The van der Waals surface area contributed by atoms with E-state index in [2.05, 4.69) is 10.3 Å². The number of benzene rings is 1. The van der Waals surface area contributed by atoms with E-state index in [1.807, 2.05) is 41.1 Å². The molecule has 0 spiro atoms. The quantitative estimate of drug-likeness (QED) is 0.831. The van der Waals surface area contributed by atoms with E-state index in [0.29, 0.717) is 23.8 Å². The van der Waals surface area contributed by atoms with Crippen molar-refractivity contribution in [2.75, 3.05) is 0 Å². The van der Waals surface area contributed by atoms with Crippen molar-refractivity contribution < 1.29 is 4.79 Å². The molecule has 1 amide bonds. The van der Waals surface area contributed by atoms with Crippen LogP contribution in [0.5, 0.6) is 0 Å². The Morgan fingerprint density at radius 2 is 2.10 bits per heavy atom. The predicted molar refractivity (Wildman–Crippen MR) is 80.8 cm³/mol. The summed E-state index contributed by atoms with van der Waals surface area (Å²) in [6.45, 7) is 0.602. The summed E-state index contributed by atoms with van der Waals surface area (Å²) in [5.41, 5.74) is 2.12. The number of H-pyrrole nitrogens is 1. The number of amides is 1. The maximum atomic E-state index is 11.8. The van der Waals surface area contributed by atoms with Crippen molar-refractivity contribution in [1.29, 1.82) is 0 Å². The Labute approximate surface area is 122 Å². The van der Waals surface area contributed by atoms with Gasteiger partial charge in [-0.05, 0) is 30.6 Å². The molecule has 0 aliphatic heterocycles. The van der Waals surface area contributed by atoms with Crippen molar-refractivity contribution in [2.45, 2.75) is 31.8 Å². The Kier molecular flexibility index (Phi) is 3.69.